The molecule has 0 aliphatic heterocycles. The van der Waals surface area contributed by atoms with Gasteiger partial charge in [0, 0.05) is 5.02 Å². The zero-order valence-corrected chi connectivity index (χ0v) is 9.38. The zero-order valence-electron chi connectivity index (χ0n) is 8.63. The summed E-state index contributed by atoms with van der Waals surface area (Å²) in [4.78, 5) is 11.4. The predicted molar refractivity (Wildman–Crippen MR) is 58.5 cm³/mol. The molecule has 16 heavy (non-hydrogen) atoms. The molecule has 0 radical (unpaired) electrons. The Morgan fingerprint density at radius 2 is 2.25 bits per heavy atom. The van der Waals surface area contributed by atoms with E-state index in [0.29, 0.717) is 5.02 Å². The topological polar surface area (TPSA) is 35.5 Å². The van der Waals surface area contributed by atoms with Crippen LogP contribution in [0, 0.1) is 0 Å². The standard InChI is InChI=1S/C11H10ClFO3/c1-7(13)6-16-10-4-3-8(12)5-9(10)11(14)15-2/h3-5H,1,6H2,2H3. The lowest BCUT2D eigenvalue weighted by Gasteiger charge is -2.09. The van der Waals surface area contributed by atoms with Crippen LogP contribution in [0.15, 0.2) is 30.6 Å². The molecule has 0 aliphatic carbocycles. The molecule has 1 aromatic rings. The van der Waals surface area contributed by atoms with E-state index in [2.05, 4.69) is 11.3 Å². The summed E-state index contributed by atoms with van der Waals surface area (Å²) in [7, 11) is 1.24. The third-order valence-corrected chi connectivity index (χ3v) is 1.97. The van der Waals surface area contributed by atoms with Crippen molar-refractivity contribution in [1.82, 2.24) is 0 Å². The van der Waals surface area contributed by atoms with Crippen LogP contribution in [0.25, 0.3) is 0 Å². The van der Waals surface area contributed by atoms with E-state index in [9.17, 15) is 9.18 Å². The molecule has 5 heteroatoms. The number of carbonyl (C=O) groups is 1. The highest BCUT2D eigenvalue weighted by Crippen LogP contribution is 2.24. The van der Waals surface area contributed by atoms with Gasteiger partial charge in [0.1, 0.15) is 23.7 Å². The first-order chi connectivity index (χ1) is 7.54. The van der Waals surface area contributed by atoms with Gasteiger partial charge in [0.2, 0.25) is 0 Å². The van der Waals surface area contributed by atoms with E-state index >= 15 is 0 Å². The van der Waals surface area contributed by atoms with Crippen LogP contribution in [0.2, 0.25) is 5.02 Å². The third-order valence-electron chi connectivity index (χ3n) is 1.73. The van der Waals surface area contributed by atoms with Gasteiger partial charge in [0.25, 0.3) is 0 Å². The fourth-order valence-electron chi connectivity index (χ4n) is 1.05. The number of benzene rings is 1. The summed E-state index contributed by atoms with van der Waals surface area (Å²) in [6.07, 6.45) is 0. The first kappa shape index (κ1) is 12.5. The number of carbonyl (C=O) groups excluding carboxylic acids is 1. The Kier molecular flexibility index (Phi) is 4.31. The van der Waals surface area contributed by atoms with Gasteiger partial charge < -0.3 is 9.47 Å². The average Bonchev–Trinajstić information content (AvgIpc) is 2.26. The maximum absolute atomic E-state index is 12.4. The minimum Gasteiger partial charge on any atom is -0.486 e. The Labute approximate surface area is 97.4 Å². The second-order valence-corrected chi connectivity index (χ2v) is 3.37. The van der Waals surface area contributed by atoms with Crippen LogP contribution in [-0.4, -0.2) is 19.7 Å². The van der Waals surface area contributed by atoms with Crippen LogP contribution in [0.1, 0.15) is 10.4 Å². The molecule has 0 heterocycles. The fraction of sp³-hybridized carbons (Fsp3) is 0.182. The first-order valence-corrected chi connectivity index (χ1v) is 4.76. The molecular weight excluding hydrogens is 235 g/mol. The van der Waals surface area contributed by atoms with Gasteiger partial charge in [-0.15, -0.1) is 0 Å². The molecule has 0 bridgehead atoms. The van der Waals surface area contributed by atoms with Crippen LogP contribution < -0.4 is 4.74 Å². The minimum absolute atomic E-state index is 0.149. The molecule has 0 aromatic heterocycles. The fourth-order valence-corrected chi connectivity index (χ4v) is 1.23. The number of rotatable bonds is 4. The number of hydrogen-bond acceptors (Lipinski definition) is 3. The Morgan fingerprint density at radius 3 is 2.81 bits per heavy atom. The average molecular weight is 245 g/mol. The van der Waals surface area contributed by atoms with Crippen molar-refractivity contribution >= 4 is 17.6 Å². The molecule has 1 rings (SSSR count). The molecule has 1 aromatic carbocycles. The smallest absolute Gasteiger partial charge is 0.341 e. The highest BCUT2D eigenvalue weighted by Gasteiger charge is 2.13. The first-order valence-electron chi connectivity index (χ1n) is 4.38. The second-order valence-electron chi connectivity index (χ2n) is 2.94. The van der Waals surface area contributed by atoms with Crippen LogP contribution >= 0.6 is 11.6 Å². The van der Waals surface area contributed by atoms with Crippen molar-refractivity contribution in [1.29, 1.82) is 0 Å². The molecule has 0 spiro atoms. The second kappa shape index (κ2) is 5.51. The van der Waals surface area contributed by atoms with Gasteiger partial charge in [-0.05, 0) is 18.2 Å². The van der Waals surface area contributed by atoms with Gasteiger partial charge in [0.05, 0.1) is 7.11 Å². The van der Waals surface area contributed by atoms with E-state index in [0.717, 1.165) is 0 Å². The van der Waals surface area contributed by atoms with Crippen molar-refractivity contribution in [2.45, 2.75) is 0 Å². The largest absolute Gasteiger partial charge is 0.486 e. The lowest BCUT2D eigenvalue weighted by molar-refractivity contribution is 0.0596. The molecule has 0 saturated carbocycles. The highest BCUT2D eigenvalue weighted by molar-refractivity contribution is 6.31. The van der Waals surface area contributed by atoms with Crippen molar-refractivity contribution in [3.63, 3.8) is 0 Å². The van der Waals surface area contributed by atoms with Crippen LogP contribution in [0.4, 0.5) is 4.39 Å². The number of hydrogen-bond donors (Lipinski definition) is 0. The molecule has 0 unspecified atom stereocenters. The molecule has 86 valence electrons. The number of ether oxygens (including phenoxy) is 2. The molecular formula is C11H10ClFO3. The van der Waals surface area contributed by atoms with E-state index in [4.69, 9.17) is 16.3 Å². The van der Waals surface area contributed by atoms with Gasteiger partial charge in [-0.25, -0.2) is 9.18 Å². The minimum atomic E-state index is -0.634. The Morgan fingerprint density at radius 1 is 1.56 bits per heavy atom. The number of methoxy groups -OCH3 is 1. The SMILES string of the molecule is C=C(F)COc1ccc(Cl)cc1C(=O)OC. The summed E-state index contributed by atoms with van der Waals surface area (Å²) in [5, 5.41) is 0.367. The van der Waals surface area contributed by atoms with Crippen LogP contribution in [-0.2, 0) is 4.74 Å². The maximum Gasteiger partial charge on any atom is 0.341 e. The van der Waals surface area contributed by atoms with Gasteiger partial charge >= 0.3 is 5.97 Å². The van der Waals surface area contributed by atoms with E-state index in [-0.39, 0.29) is 17.9 Å². The van der Waals surface area contributed by atoms with E-state index in [1.54, 1.807) is 0 Å². The summed E-state index contributed by atoms with van der Waals surface area (Å²) < 4.78 is 22.0. The molecule has 0 fully saturated rings. The summed E-state index contributed by atoms with van der Waals surface area (Å²) in [6.45, 7) is 2.73. The lowest BCUT2D eigenvalue weighted by Crippen LogP contribution is -2.06. The lowest BCUT2D eigenvalue weighted by atomic mass is 10.2. The number of halogens is 2. The van der Waals surface area contributed by atoms with E-state index < -0.39 is 11.8 Å². The third kappa shape index (κ3) is 3.24. The molecule has 0 N–H and O–H groups in total. The van der Waals surface area contributed by atoms with Crippen molar-refractivity contribution < 1.29 is 18.7 Å². The van der Waals surface area contributed by atoms with Crippen LogP contribution in [0.3, 0.4) is 0 Å². The summed E-state index contributed by atoms with van der Waals surface area (Å²) in [6, 6.07) is 4.39. The molecule has 0 amide bonds. The summed E-state index contributed by atoms with van der Waals surface area (Å²) in [5.74, 6) is -1.03. The van der Waals surface area contributed by atoms with Gasteiger partial charge in [-0.3, -0.25) is 0 Å². The quantitative estimate of drug-likeness (QED) is 0.764. The predicted octanol–water partition coefficient (Wildman–Crippen LogP) is 2.99. The Balaban J connectivity index is 2.98. The van der Waals surface area contributed by atoms with Crippen molar-refractivity contribution in [3.05, 3.63) is 41.2 Å². The summed E-state index contributed by atoms with van der Waals surface area (Å²) >= 11 is 5.73. The maximum atomic E-state index is 12.4. The van der Waals surface area contributed by atoms with Crippen molar-refractivity contribution in [3.8, 4) is 5.75 Å². The normalized spacial score (nSPS) is 9.69. The zero-order chi connectivity index (χ0) is 12.1. The molecule has 0 saturated heterocycles. The van der Waals surface area contributed by atoms with Gasteiger partial charge in [0.15, 0.2) is 0 Å². The molecule has 3 nitrogen and oxygen atoms in total. The molecule has 0 aliphatic rings. The van der Waals surface area contributed by atoms with Crippen LogP contribution in [0.5, 0.6) is 5.75 Å². The van der Waals surface area contributed by atoms with Gasteiger partial charge in [-0.1, -0.05) is 18.2 Å². The van der Waals surface area contributed by atoms with E-state index in [1.165, 1.54) is 25.3 Å². The Hall–Kier alpha value is -1.55. The van der Waals surface area contributed by atoms with Gasteiger partial charge in [-0.2, -0.15) is 0 Å². The van der Waals surface area contributed by atoms with Crippen molar-refractivity contribution in [2.24, 2.45) is 0 Å². The monoisotopic (exact) mass is 244 g/mol. The Bertz CT molecular complexity index is 418. The number of esters is 1. The van der Waals surface area contributed by atoms with Crippen molar-refractivity contribution in [2.75, 3.05) is 13.7 Å². The molecule has 0 atom stereocenters. The summed E-state index contributed by atoms with van der Waals surface area (Å²) in [5.41, 5.74) is 0.149. The van der Waals surface area contributed by atoms with E-state index in [1.807, 2.05) is 0 Å². The highest BCUT2D eigenvalue weighted by atomic mass is 35.5.